The summed E-state index contributed by atoms with van der Waals surface area (Å²) in [5.74, 6) is 0.344. The van der Waals surface area contributed by atoms with Crippen LogP contribution in [0.4, 0.5) is 0 Å². The highest BCUT2D eigenvalue weighted by Crippen LogP contribution is 2.23. The molecule has 3 rings (SSSR count). The van der Waals surface area contributed by atoms with Crippen LogP contribution in [0.5, 0.6) is 5.75 Å². The van der Waals surface area contributed by atoms with Crippen LogP contribution in [0.15, 0.2) is 53.9 Å². The first kappa shape index (κ1) is 18.4. The fourth-order valence-electron chi connectivity index (χ4n) is 2.44. The molecule has 1 N–H and O–H groups in total. The van der Waals surface area contributed by atoms with E-state index in [1.54, 1.807) is 23.5 Å². The van der Waals surface area contributed by atoms with Crippen molar-refractivity contribution < 1.29 is 9.53 Å². The number of ether oxygens (including phenoxy) is 1. The molecule has 2 aromatic carbocycles. The standard InChI is InChI=1S/C20H19ClN2O2S/c1-14-23-18(13-26-14)16-8-6-15(7-9-16)10-11-22-20(24)12-25-19-5-3-2-4-17(19)21/h2-9,13H,10-12H2,1H3,(H,22,24). The number of rotatable bonds is 7. The minimum Gasteiger partial charge on any atom is -0.482 e. The first-order valence-electron chi connectivity index (χ1n) is 8.27. The van der Waals surface area contributed by atoms with Gasteiger partial charge in [0.25, 0.3) is 5.91 Å². The van der Waals surface area contributed by atoms with Crippen LogP contribution in [-0.4, -0.2) is 24.0 Å². The predicted molar refractivity (Wildman–Crippen MR) is 106 cm³/mol. The summed E-state index contributed by atoms with van der Waals surface area (Å²) in [6.45, 7) is 2.51. The Kier molecular flexibility index (Phi) is 6.26. The van der Waals surface area contributed by atoms with E-state index in [-0.39, 0.29) is 12.5 Å². The molecular formula is C20H19ClN2O2S. The number of carbonyl (C=O) groups is 1. The normalized spacial score (nSPS) is 10.5. The molecule has 0 saturated carbocycles. The van der Waals surface area contributed by atoms with Crippen molar-refractivity contribution in [2.45, 2.75) is 13.3 Å². The molecule has 0 unspecified atom stereocenters. The van der Waals surface area contributed by atoms with Gasteiger partial charge in [-0.1, -0.05) is 48.0 Å². The second kappa shape index (κ2) is 8.83. The fourth-order valence-corrected chi connectivity index (χ4v) is 3.25. The molecule has 0 saturated heterocycles. The second-order valence-corrected chi connectivity index (χ2v) is 7.24. The summed E-state index contributed by atoms with van der Waals surface area (Å²) in [6.07, 6.45) is 0.758. The topological polar surface area (TPSA) is 51.2 Å². The Balaban J connectivity index is 1.43. The van der Waals surface area contributed by atoms with Gasteiger partial charge in [0, 0.05) is 17.5 Å². The molecule has 6 heteroatoms. The second-order valence-electron chi connectivity index (χ2n) is 5.77. The van der Waals surface area contributed by atoms with Crippen molar-refractivity contribution >= 4 is 28.8 Å². The van der Waals surface area contributed by atoms with E-state index in [9.17, 15) is 4.79 Å². The van der Waals surface area contributed by atoms with Gasteiger partial charge in [-0.25, -0.2) is 4.98 Å². The van der Waals surface area contributed by atoms with Gasteiger partial charge in [0.05, 0.1) is 15.7 Å². The zero-order valence-corrected chi connectivity index (χ0v) is 15.9. The average Bonchev–Trinajstić information content (AvgIpc) is 3.08. The highest BCUT2D eigenvalue weighted by molar-refractivity contribution is 7.09. The molecule has 0 aliphatic rings. The van der Waals surface area contributed by atoms with Gasteiger partial charge in [0.1, 0.15) is 5.75 Å². The lowest BCUT2D eigenvalue weighted by Crippen LogP contribution is -2.30. The van der Waals surface area contributed by atoms with Crippen LogP contribution in [0.25, 0.3) is 11.3 Å². The Morgan fingerprint density at radius 2 is 1.96 bits per heavy atom. The number of aromatic nitrogens is 1. The van der Waals surface area contributed by atoms with E-state index in [1.807, 2.05) is 19.1 Å². The highest BCUT2D eigenvalue weighted by atomic mass is 35.5. The predicted octanol–water partition coefficient (Wildman–Crippen LogP) is 4.51. The first-order valence-corrected chi connectivity index (χ1v) is 9.53. The van der Waals surface area contributed by atoms with Gasteiger partial charge in [0.15, 0.2) is 6.61 Å². The summed E-state index contributed by atoms with van der Waals surface area (Å²) >= 11 is 7.64. The smallest absolute Gasteiger partial charge is 0.257 e. The summed E-state index contributed by atoms with van der Waals surface area (Å²) in [6, 6.07) is 15.4. The number of amides is 1. The zero-order chi connectivity index (χ0) is 18.4. The monoisotopic (exact) mass is 386 g/mol. The number of carbonyl (C=O) groups excluding carboxylic acids is 1. The molecule has 0 aliphatic heterocycles. The van der Waals surface area contributed by atoms with Crippen LogP contribution < -0.4 is 10.1 Å². The number of halogens is 1. The average molecular weight is 387 g/mol. The number of benzene rings is 2. The molecule has 4 nitrogen and oxygen atoms in total. The molecular weight excluding hydrogens is 368 g/mol. The summed E-state index contributed by atoms with van der Waals surface area (Å²) in [5.41, 5.74) is 3.27. The van der Waals surface area contributed by atoms with E-state index >= 15 is 0 Å². The Bertz CT molecular complexity index is 878. The van der Waals surface area contributed by atoms with Gasteiger partial charge in [0.2, 0.25) is 0 Å². The van der Waals surface area contributed by atoms with E-state index < -0.39 is 0 Å². The van der Waals surface area contributed by atoms with Gasteiger partial charge in [-0.3, -0.25) is 4.79 Å². The van der Waals surface area contributed by atoms with E-state index in [1.165, 1.54) is 0 Å². The molecule has 1 amide bonds. The molecule has 3 aromatic rings. The SMILES string of the molecule is Cc1nc(-c2ccc(CCNC(=O)COc3ccccc3Cl)cc2)cs1. The minimum atomic E-state index is -0.167. The van der Waals surface area contributed by atoms with Gasteiger partial charge in [-0.15, -0.1) is 11.3 Å². The van der Waals surface area contributed by atoms with Crippen LogP contribution in [0.1, 0.15) is 10.6 Å². The molecule has 26 heavy (non-hydrogen) atoms. The highest BCUT2D eigenvalue weighted by Gasteiger charge is 2.06. The lowest BCUT2D eigenvalue weighted by molar-refractivity contribution is -0.123. The third-order valence-electron chi connectivity index (χ3n) is 3.80. The molecule has 0 aliphatic carbocycles. The number of aryl methyl sites for hydroxylation is 1. The maximum atomic E-state index is 11.9. The Morgan fingerprint density at radius 1 is 1.19 bits per heavy atom. The van der Waals surface area contributed by atoms with Gasteiger partial charge in [-0.05, 0) is 31.0 Å². The maximum Gasteiger partial charge on any atom is 0.257 e. The minimum absolute atomic E-state index is 0.0498. The molecule has 0 atom stereocenters. The molecule has 0 fully saturated rings. The zero-order valence-electron chi connectivity index (χ0n) is 14.4. The number of nitrogens with one attached hydrogen (secondary N) is 1. The van der Waals surface area contributed by atoms with Crippen molar-refractivity contribution in [2.24, 2.45) is 0 Å². The number of nitrogens with zero attached hydrogens (tertiary/aromatic N) is 1. The summed E-state index contributed by atoms with van der Waals surface area (Å²) in [7, 11) is 0. The molecule has 0 spiro atoms. The van der Waals surface area contributed by atoms with Crippen molar-refractivity contribution in [2.75, 3.05) is 13.2 Å². The van der Waals surface area contributed by atoms with E-state index in [4.69, 9.17) is 16.3 Å². The van der Waals surface area contributed by atoms with Crippen molar-refractivity contribution in [1.82, 2.24) is 10.3 Å². The first-order chi connectivity index (χ1) is 12.6. The number of hydrogen-bond acceptors (Lipinski definition) is 4. The summed E-state index contributed by atoms with van der Waals surface area (Å²) < 4.78 is 5.42. The third kappa shape index (κ3) is 5.07. The number of thiazole rings is 1. The maximum absolute atomic E-state index is 11.9. The summed E-state index contributed by atoms with van der Waals surface area (Å²) in [4.78, 5) is 16.4. The molecule has 0 radical (unpaired) electrons. The van der Waals surface area contributed by atoms with Crippen molar-refractivity contribution in [3.8, 4) is 17.0 Å². The lowest BCUT2D eigenvalue weighted by Gasteiger charge is -2.09. The summed E-state index contributed by atoms with van der Waals surface area (Å²) in [5, 5.41) is 6.47. The van der Waals surface area contributed by atoms with Gasteiger partial charge < -0.3 is 10.1 Å². The van der Waals surface area contributed by atoms with Crippen LogP contribution in [0, 0.1) is 6.92 Å². The quantitative estimate of drug-likeness (QED) is 0.650. The molecule has 0 bridgehead atoms. The third-order valence-corrected chi connectivity index (χ3v) is 4.89. The molecule has 1 heterocycles. The van der Waals surface area contributed by atoms with E-state index in [2.05, 4.69) is 39.9 Å². The van der Waals surface area contributed by atoms with Gasteiger partial charge >= 0.3 is 0 Å². The number of para-hydroxylation sites is 1. The lowest BCUT2D eigenvalue weighted by atomic mass is 10.1. The fraction of sp³-hybridized carbons (Fsp3) is 0.200. The largest absolute Gasteiger partial charge is 0.482 e. The van der Waals surface area contributed by atoms with Crippen LogP contribution >= 0.6 is 22.9 Å². The Labute approximate surface area is 161 Å². The Hall–Kier alpha value is -2.37. The van der Waals surface area contributed by atoms with Crippen molar-refractivity contribution in [1.29, 1.82) is 0 Å². The van der Waals surface area contributed by atoms with Crippen LogP contribution in [-0.2, 0) is 11.2 Å². The van der Waals surface area contributed by atoms with Crippen molar-refractivity contribution in [3.63, 3.8) is 0 Å². The van der Waals surface area contributed by atoms with E-state index in [0.717, 1.165) is 28.2 Å². The van der Waals surface area contributed by atoms with Crippen LogP contribution in [0.3, 0.4) is 0 Å². The van der Waals surface area contributed by atoms with Gasteiger partial charge in [-0.2, -0.15) is 0 Å². The Morgan fingerprint density at radius 3 is 2.65 bits per heavy atom. The number of hydrogen-bond donors (Lipinski definition) is 1. The molecule has 134 valence electrons. The van der Waals surface area contributed by atoms with Crippen molar-refractivity contribution in [3.05, 3.63) is 69.5 Å². The molecule has 1 aromatic heterocycles. The van der Waals surface area contributed by atoms with E-state index in [0.29, 0.717) is 17.3 Å². The van der Waals surface area contributed by atoms with Crippen LogP contribution in [0.2, 0.25) is 5.02 Å².